The first kappa shape index (κ1) is 16.8. The molecule has 0 heterocycles. The summed E-state index contributed by atoms with van der Waals surface area (Å²) in [6.07, 6.45) is 2.67. The van der Waals surface area contributed by atoms with E-state index < -0.39 is 0 Å². The lowest BCUT2D eigenvalue weighted by atomic mass is 9.99. The molecule has 0 aliphatic carbocycles. The average molecular weight is 271 g/mol. The molecular formula is C14H23ClN2O. The maximum absolute atomic E-state index is 11.9. The number of benzene rings is 1. The van der Waals surface area contributed by atoms with Crippen LogP contribution < -0.4 is 11.1 Å². The van der Waals surface area contributed by atoms with Crippen LogP contribution in [0.2, 0.25) is 0 Å². The smallest absolute Gasteiger partial charge is 0.224 e. The zero-order chi connectivity index (χ0) is 12.8. The molecule has 0 bridgehead atoms. The summed E-state index contributed by atoms with van der Waals surface area (Å²) in [5.74, 6) is 0.545. The highest BCUT2D eigenvalue weighted by Crippen LogP contribution is 2.20. The molecule has 0 radical (unpaired) electrons. The summed E-state index contributed by atoms with van der Waals surface area (Å²) in [7, 11) is 0. The molecule has 1 rings (SSSR count). The molecule has 1 amide bonds. The number of nitrogens with two attached hydrogens (primary N) is 1. The largest absolute Gasteiger partial charge is 0.399 e. The number of amides is 1. The molecule has 3 N–H and O–H groups in total. The molecule has 0 unspecified atom stereocenters. The van der Waals surface area contributed by atoms with Gasteiger partial charge in [0.25, 0.3) is 0 Å². The van der Waals surface area contributed by atoms with Crippen molar-refractivity contribution in [2.75, 3.05) is 11.1 Å². The number of carbonyl (C=O) groups is 1. The van der Waals surface area contributed by atoms with Gasteiger partial charge in [0.1, 0.15) is 0 Å². The summed E-state index contributed by atoms with van der Waals surface area (Å²) < 4.78 is 0. The topological polar surface area (TPSA) is 55.1 Å². The second-order valence-corrected chi connectivity index (χ2v) is 4.51. The first-order valence-electron chi connectivity index (χ1n) is 6.22. The van der Waals surface area contributed by atoms with Gasteiger partial charge in [-0.15, -0.1) is 12.4 Å². The van der Waals surface area contributed by atoms with Crippen molar-refractivity contribution >= 4 is 29.7 Å². The fourth-order valence-electron chi connectivity index (χ4n) is 1.82. The van der Waals surface area contributed by atoms with Gasteiger partial charge in [-0.05, 0) is 30.5 Å². The van der Waals surface area contributed by atoms with Crippen molar-refractivity contribution in [2.45, 2.75) is 40.0 Å². The second-order valence-electron chi connectivity index (χ2n) is 4.51. The highest BCUT2D eigenvalue weighted by molar-refractivity contribution is 5.92. The molecule has 102 valence electrons. The molecule has 1 aromatic rings. The second kappa shape index (κ2) is 7.98. The molecule has 0 spiro atoms. The van der Waals surface area contributed by atoms with Gasteiger partial charge in [-0.1, -0.05) is 32.8 Å². The Morgan fingerprint density at radius 1 is 1.33 bits per heavy atom. The molecule has 0 saturated heterocycles. The first-order chi connectivity index (χ1) is 8.06. The predicted molar refractivity (Wildman–Crippen MR) is 80.2 cm³/mol. The molecule has 1 aromatic carbocycles. The van der Waals surface area contributed by atoms with E-state index in [1.165, 1.54) is 0 Å². The molecule has 0 aromatic heterocycles. The standard InChI is InChI=1S/C14H22N2O.ClH/c1-4-11(5-2)8-14(17)16-13-9-12(15)7-6-10(13)3;/h6-7,9,11H,4-5,8,15H2,1-3H3,(H,16,17);1H. The summed E-state index contributed by atoms with van der Waals surface area (Å²) in [5.41, 5.74) is 8.24. The lowest BCUT2D eigenvalue weighted by Crippen LogP contribution is -2.16. The van der Waals surface area contributed by atoms with Crippen molar-refractivity contribution in [1.82, 2.24) is 0 Å². The predicted octanol–water partition coefficient (Wildman–Crippen LogP) is 3.76. The van der Waals surface area contributed by atoms with Crippen molar-refractivity contribution in [2.24, 2.45) is 5.92 Å². The number of aryl methyl sites for hydroxylation is 1. The van der Waals surface area contributed by atoms with Crippen molar-refractivity contribution in [3.8, 4) is 0 Å². The molecule has 0 aliphatic rings. The van der Waals surface area contributed by atoms with Gasteiger partial charge < -0.3 is 11.1 Å². The maximum Gasteiger partial charge on any atom is 0.224 e. The lowest BCUT2D eigenvalue weighted by molar-refractivity contribution is -0.117. The Hall–Kier alpha value is -1.22. The summed E-state index contributed by atoms with van der Waals surface area (Å²) in [6.45, 7) is 6.20. The van der Waals surface area contributed by atoms with Crippen molar-refractivity contribution < 1.29 is 4.79 Å². The van der Waals surface area contributed by atoms with Crippen molar-refractivity contribution in [3.63, 3.8) is 0 Å². The Bertz CT molecular complexity index is 389. The maximum atomic E-state index is 11.9. The number of nitrogens with one attached hydrogen (secondary N) is 1. The van der Waals surface area contributed by atoms with E-state index in [1.54, 1.807) is 6.07 Å². The van der Waals surface area contributed by atoms with E-state index in [9.17, 15) is 4.79 Å². The van der Waals surface area contributed by atoms with Gasteiger partial charge in [0.05, 0.1) is 0 Å². The molecule has 4 heteroatoms. The minimum atomic E-state index is 0. The van der Waals surface area contributed by atoms with Crippen LogP contribution in [-0.4, -0.2) is 5.91 Å². The van der Waals surface area contributed by atoms with Crippen LogP contribution in [0.4, 0.5) is 11.4 Å². The summed E-state index contributed by atoms with van der Waals surface area (Å²) in [4.78, 5) is 11.9. The van der Waals surface area contributed by atoms with Crippen LogP contribution in [0.25, 0.3) is 0 Å². The highest BCUT2D eigenvalue weighted by atomic mass is 35.5. The third-order valence-corrected chi connectivity index (χ3v) is 3.16. The number of nitrogen functional groups attached to an aromatic ring is 1. The van der Waals surface area contributed by atoms with E-state index >= 15 is 0 Å². The van der Waals surface area contributed by atoms with E-state index in [1.807, 2.05) is 19.1 Å². The summed E-state index contributed by atoms with van der Waals surface area (Å²) in [6, 6.07) is 5.56. The Labute approximate surface area is 116 Å². The van der Waals surface area contributed by atoms with E-state index in [4.69, 9.17) is 5.73 Å². The molecule has 3 nitrogen and oxygen atoms in total. The first-order valence-corrected chi connectivity index (χ1v) is 6.22. The van der Waals surface area contributed by atoms with Gasteiger partial charge in [-0.2, -0.15) is 0 Å². The third kappa shape index (κ3) is 4.96. The average Bonchev–Trinajstić information content (AvgIpc) is 2.31. The summed E-state index contributed by atoms with van der Waals surface area (Å²) in [5, 5.41) is 2.93. The molecule has 0 atom stereocenters. The van der Waals surface area contributed by atoms with Gasteiger partial charge >= 0.3 is 0 Å². The number of rotatable bonds is 5. The van der Waals surface area contributed by atoms with Crippen LogP contribution >= 0.6 is 12.4 Å². The van der Waals surface area contributed by atoms with Gasteiger partial charge in [0.2, 0.25) is 5.91 Å². The highest BCUT2D eigenvalue weighted by Gasteiger charge is 2.11. The Balaban J connectivity index is 0.00000289. The zero-order valence-electron chi connectivity index (χ0n) is 11.3. The monoisotopic (exact) mass is 270 g/mol. The van der Waals surface area contributed by atoms with Crippen LogP contribution in [0, 0.1) is 12.8 Å². The SMILES string of the molecule is CCC(CC)CC(=O)Nc1cc(N)ccc1C.Cl. The number of halogens is 1. The Kier molecular flexibility index (Phi) is 7.44. The molecular weight excluding hydrogens is 248 g/mol. The van der Waals surface area contributed by atoms with Gasteiger partial charge in [0, 0.05) is 17.8 Å². The van der Waals surface area contributed by atoms with Crippen LogP contribution in [0.15, 0.2) is 18.2 Å². The van der Waals surface area contributed by atoms with Crippen molar-refractivity contribution in [1.29, 1.82) is 0 Å². The quantitative estimate of drug-likeness (QED) is 0.801. The fourth-order valence-corrected chi connectivity index (χ4v) is 1.82. The van der Waals surface area contributed by atoms with Crippen LogP contribution in [-0.2, 0) is 4.79 Å². The van der Waals surface area contributed by atoms with Crippen molar-refractivity contribution in [3.05, 3.63) is 23.8 Å². The Morgan fingerprint density at radius 2 is 1.94 bits per heavy atom. The number of carbonyl (C=O) groups excluding carboxylic acids is 1. The number of hydrogen-bond donors (Lipinski definition) is 2. The van der Waals surface area contributed by atoms with E-state index in [-0.39, 0.29) is 18.3 Å². The minimum absolute atomic E-state index is 0. The van der Waals surface area contributed by atoms with Gasteiger partial charge in [-0.25, -0.2) is 0 Å². The summed E-state index contributed by atoms with van der Waals surface area (Å²) >= 11 is 0. The van der Waals surface area contributed by atoms with Gasteiger partial charge in [0.15, 0.2) is 0 Å². The van der Waals surface area contributed by atoms with E-state index in [2.05, 4.69) is 19.2 Å². The van der Waals surface area contributed by atoms with Crippen LogP contribution in [0.5, 0.6) is 0 Å². The number of hydrogen-bond acceptors (Lipinski definition) is 2. The molecule has 0 aliphatic heterocycles. The van der Waals surface area contributed by atoms with E-state index in [0.717, 1.165) is 24.1 Å². The molecule has 0 fully saturated rings. The molecule has 18 heavy (non-hydrogen) atoms. The lowest BCUT2D eigenvalue weighted by Gasteiger charge is -2.13. The molecule has 0 saturated carbocycles. The minimum Gasteiger partial charge on any atom is -0.399 e. The van der Waals surface area contributed by atoms with E-state index in [0.29, 0.717) is 18.0 Å². The zero-order valence-corrected chi connectivity index (χ0v) is 12.1. The van der Waals surface area contributed by atoms with Crippen LogP contribution in [0.3, 0.4) is 0 Å². The fraction of sp³-hybridized carbons (Fsp3) is 0.500. The van der Waals surface area contributed by atoms with Gasteiger partial charge in [-0.3, -0.25) is 4.79 Å². The van der Waals surface area contributed by atoms with Crippen LogP contribution in [0.1, 0.15) is 38.7 Å². The normalized spacial score (nSPS) is 10.0. The Morgan fingerprint density at radius 3 is 2.50 bits per heavy atom. The third-order valence-electron chi connectivity index (χ3n) is 3.16. The number of anilines is 2.